The maximum Gasteiger partial charge on any atom is 0.142 e. The number of aromatic amines is 1. The van der Waals surface area contributed by atoms with Gasteiger partial charge in [-0.25, -0.2) is 0 Å². The number of aliphatic imine (C=N–C) groups is 1. The number of aromatic hydroxyl groups is 1. The van der Waals surface area contributed by atoms with Crippen molar-refractivity contribution in [2.75, 3.05) is 7.11 Å². The molecule has 0 atom stereocenters. The van der Waals surface area contributed by atoms with Crippen molar-refractivity contribution in [3.05, 3.63) is 78.4 Å². The number of benzene rings is 3. The molecular weight excluding hydrogens is 324 g/mol. The summed E-state index contributed by atoms with van der Waals surface area (Å²) in [4.78, 5) is 8.07. The van der Waals surface area contributed by atoms with Crippen LogP contribution < -0.4 is 4.74 Å². The van der Waals surface area contributed by atoms with Gasteiger partial charge in [-0.2, -0.15) is 0 Å². The van der Waals surface area contributed by atoms with E-state index < -0.39 is 0 Å². The highest BCUT2D eigenvalue weighted by Gasteiger charge is 2.14. The number of nitrogens with one attached hydrogen (secondary N) is 1. The first-order valence-electron chi connectivity index (χ1n) is 8.33. The lowest BCUT2D eigenvalue weighted by molar-refractivity contribution is 0.419. The average Bonchev–Trinajstić information content (AvgIpc) is 3.07. The molecule has 0 aliphatic carbocycles. The number of phenolic OH excluding ortho intramolecular Hbond substituents is 1. The topological polar surface area (TPSA) is 57.6 Å². The summed E-state index contributed by atoms with van der Waals surface area (Å²) in [5.41, 5.74) is 4.80. The number of ether oxygens (including phenoxy) is 1. The van der Waals surface area contributed by atoms with Gasteiger partial charge in [-0.15, -0.1) is 0 Å². The Balaban J connectivity index is 1.89. The van der Waals surface area contributed by atoms with Gasteiger partial charge in [0.2, 0.25) is 0 Å². The molecule has 4 heteroatoms. The number of nitrogens with zero attached hydrogens (tertiary/aromatic N) is 1. The number of rotatable bonds is 4. The number of fused-ring (bicyclic) bond motifs is 1. The number of hydrogen-bond acceptors (Lipinski definition) is 3. The van der Waals surface area contributed by atoms with E-state index >= 15 is 0 Å². The van der Waals surface area contributed by atoms with Gasteiger partial charge in [-0.1, -0.05) is 42.5 Å². The molecule has 4 aromatic rings. The van der Waals surface area contributed by atoms with Crippen molar-refractivity contribution in [2.24, 2.45) is 4.99 Å². The summed E-state index contributed by atoms with van der Waals surface area (Å²) < 4.78 is 5.50. The van der Waals surface area contributed by atoms with Crippen LogP contribution in [0.5, 0.6) is 11.5 Å². The second-order valence-electron chi connectivity index (χ2n) is 5.94. The van der Waals surface area contributed by atoms with Crippen LogP contribution in [0.25, 0.3) is 22.2 Å². The molecule has 1 heterocycles. The van der Waals surface area contributed by atoms with E-state index in [9.17, 15) is 5.11 Å². The zero-order valence-corrected chi connectivity index (χ0v) is 14.3. The molecule has 3 aromatic carbocycles. The van der Waals surface area contributed by atoms with Gasteiger partial charge >= 0.3 is 0 Å². The molecule has 128 valence electrons. The summed E-state index contributed by atoms with van der Waals surface area (Å²) >= 11 is 0. The fraction of sp³-hybridized carbons (Fsp3) is 0.0455. The van der Waals surface area contributed by atoms with Crippen LogP contribution in [0.4, 0.5) is 5.69 Å². The van der Waals surface area contributed by atoms with E-state index in [2.05, 4.69) is 28.2 Å². The van der Waals surface area contributed by atoms with Crippen molar-refractivity contribution in [3.63, 3.8) is 0 Å². The first-order valence-corrected chi connectivity index (χ1v) is 8.33. The third kappa shape index (κ3) is 2.93. The molecule has 0 radical (unpaired) electrons. The standard InChI is InChI=1S/C22H18N2O2/c1-26-20-9-5-8-18-19(14-23-16-10-12-17(25)13-11-16)21(24-22(18)20)15-6-3-2-4-7-15/h2-14,24-25H,1H3. The number of phenols is 1. The highest BCUT2D eigenvalue weighted by Crippen LogP contribution is 2.34. The minimum absolute atomic E-state index is 0.228. The number of aromatic nitrogens is 1. The first-order chi connectivity index (χ1) is 12.8. The maximum atomic E-state index is 9.43. The predicted octanol–water partition coefficient (Wildman–Crippen LogP) is 5.30. The average molecular weight is 342 g/mol. The van der Waals surface area contributed by atoms with E-state index in [1.807, 2.05) is 36.5 Å². The molecule has 1 aromatic heterocycles. The molecule has 4 rings (SSSR count). The smallest absolute Gasteiger partial charge is 0.142 e. The van der Waals surface area contributed by atoms with E-state index in [1.165, 1.54) is 0 Å². The third-order valence-electron chi connectivity index (χ3n) is 4.31. The van der Waals surface area contributed by atoms with Crippen molar-refractivity contribution in [3.8, 4) is 22.8 Å². The van der Waals surface area contributed by atoms with Crippen molar-refractivity contribution >= 4 is 22.8 Å². The van der Waals surface area contributed by atoms with Gasteiger partial charge in [0.25, 0.3) is 0 Å². The van der Waals surface area contributed by atoms with Crippen LogP contribution in [0, 0.1) is 0 Å². The second-order valence-corrected chi connectivity index (χ2v) is 5.94. The van der Waals surface area contributed by atoms with Crippen molar-refractivity contribution in [1.82, 2.24) is 4.98 Å². The Hall–Kier alpha value is -3.53. The molecule has 0 fully saturated rings. The van der Waals surface area contributed by atoms with E-state index in [0.29, 0.717) is 0 Å². The molecule has 4 nitrogen and oxygen atoms in total. The van der Waals surface area contributed by atoms with Gasteiger partial charge < -0.3 is 14.8 Å². The molecule has 0 aliphatic rings. The Kier molecular flexibility index (Phi) is 4.15. The lowest BCUT2D eigenvalue weighted by Crippen LogP contribution is -1.85. The minimum atomic E-state index is 0.228. The fourth-order valence-corrected chi connectivity index (χ4v) is 3.03. The molecule has 2 N–H and O–H groups in total. The van der Waals surface area contributed by atoms with Crippen LogP contribution >= 0.6 is 0 Å². The normalized spacial score (nSPS) is 11.3. The SMILES string of the molecule is COc1cccc2c(C=Nc3ccc(O)cc3)c(-c3ccccc3)[nH]c12. The third-order valence-corrected chi connectivity index (χ3v) is 4.31. The highest BCUT2D eigenvalue weighted by molar-refractivity contribution is 6.08. The van der Waals surface area contributed by atoms with Crippen LogP contribution in [0.1, 0.15) is 5.56 Å². The Morgan fingerprint density at radius 3 is 2.42 bits per heavy atom. The quantitative estimate of drug-likeness (QED) is 0.494. The number of methoxy groups -OCH3 is 1. The maximum absolute atomic E-state index is 9.43. The lowest BCUT2D eigenvalue weighted by Gasteiger charge is -2.01. The molecule has 0 spiro atoms. The molecule has 26 heavy (non-hydrogen) atoms. The Morgan fingerprint density at radius 2 is 1.69 bits per heavy atom. The van der Waals surface area contributed by atoms with Gasteiger partial charge in [0.05, 0.1) is 24.0 Å². The Labute approximate surface area is 151 Å². The lowest BCUT2D eigenvalue weighted by atomic mass is 10.1. The van der Waals surface area contributed by atoms with E-state index in [0.717, 1.165) is 39.2 Å². The van der Waals surface area contributed by atoms with Crippen LogP contribution in [-0.4, -0.2) is 23.4 Å². The fourth-order valence-electron chi connectivity index (χ4n) is 3.03. The van der Waals surface area contributed by atoms with Crippen LogP contribution in [0.3, 0.4) is 0 Å². The predicted molar refractivity (Wildman–Crippen MR) is 106 cm³/mol. The molecular formula is C22H18N2O2. The first kappa shape index (κ1) is 16.0. The molecule has 0 unspecified atom stereocenters. The Morgan fingerprint density at radius 1 is 0.923 bits per heavy atom. The van der Waals surface area contributed by atoms with E-state index in [4.69, 9.17) is 4.74 Å². The summed E-state index contributed by atoms with van der Waals surface area (Å²) in [7, 11) is 1.67. The van der Waals surface area contributed by atoms with Gasteiger partial charge in [0.1, 0.15) is 11.5 Å². The van der Waals surface area contributed by atoms with Crippen molar-refractivity contribution < 1.29 is 9.84 Å². The number of hydrogen-bond donors (Lipinski definition) is 2. The second kappa shape index (κ2) is 6.76. The number of para-hydroxylation sites is 1. The van der Waals surface area contributed by atoms with Gasteiger partial charge in [0.15, 0.2) is 0 Å². The van der Waals surface area contributed by atoms with Gasteiger partial charge in [-0.05, 0) is 35.9 Å². The molecule has 0 bridgehead atoms. The summed E-state index contributed by atoms with van der Waals surface area (Å²) in [5, 5.41) is 10.5. The van der Waals surface area contributed by atoms with Crippen LogP contribution in [0.15, 0.2) is 77.8 Å². The zero-order valence-electron chi connectivity index (χ0n) is 14.3. The summed E-state index contributed by atoms with van der Waals surface area (Å²) in [5.74, 6) is 1.02. The largest absolute Gasteiger partial charge is 0.508 e. The van der Waals surface area contributed by atoms with Crippen LogP contribution in [-0.2, 0) is 0 Å². The van der Waals surface area contributed by atoms with Crippen molar-refractivity contribution in [1.29, 1.82) is 0 Å². The van der Waals surface area contributed by atoms with E-state index in [-0.39, 0.29) is 5.75 Å². The Bertz CT molecular complexity index is 1060. The molecule has 0 aliphatic heterocycles. The molecule has 0 saturated carbocycles. The highest BCUT2D eigenvalue weighted by atomic mass is 16.5. The summed E-state index contributed by atoms with van der Waals surface area (Å²) in [6, 6.07) is 22.9. The number of H-pyrrole nitrogens is 1. The summed E-state index contributed by atoms with van der Waals surface area (Å²) in [6.07, 6.45) is 1.85. The van der Waals surface area contributed by atoms with E-state index in [1.54, 1.807) is 31.4 Å². The monoisotopic (exact) mass is 342 g/mol. The van der Waals surface area contributed by atoms with Gasteiger partial charge in [-0.3, -0.25) is 4.99 Å². The molecule has 0 amide bonds. The van der Waals surface area contributed by atoms with Crippen LogP contribution in [0.2, 0.25) is 0 Å². The van der Waals surface area contributed by atoms with Crippen molar-refractivity contribution in [2.45, 2.75) is 0 Å². The zero-order chi connectivity index (χ0) is 17.9. The minimum Gasteiger partial charge on any atom is -0.508 e. The summed E-state index contributed by atoms with van der Waals surface area (Å²) in [6.45, 7) is 0. The molecule has 0 saturated heterocycles. The van der Waals surface area contributed by atoms with Gasteiger partial charge in [0, 0.05) is 17.2 Å².